The molecule has 2 aliphatic rings. The van der Waals surface area contributed by atoms with Gasteiger partial charge in [-0.05, 0) is 160 Å². The minimum atomic E-state index is -1.32. The van der Waals surface area contributed by atoms with E-state index in [1.807, 2.05) is 66.7 Å². The van der Waals surface area contributed by atoms with E-state index in [9.17, 15) is 9.90 Å². The molecule has 0 saturated carbocycles. The van der Waals surface area contributed by atoms with Crippen LogP contribution in [0.3, 0.4) is 0 Å². The number of para-hydroxylation sites is 4. The molecule has 0 saturated heterocycles. The van der Waals surface area contributed by atoms with Gasteiger partial charge in [-0.15, -0.1) is 0 Å². The van der Waals surface area contributed by atoms with Crippen LogP contribution in [0.15, 0.2) is 289 Å². The van der Waals surface area contributed by atoms with Crippen molar-refractivity contribution in [2.45, 2.75) is 25.4 Å². The molecule has 0 amide bonds. The van der Waals surface area contributed by atoms with Gasteiger partial charge in [-0.2, -0.15) is 6.42 Å². The number of carbonyl (C=O) groups is 1. The Morgan fingerprint density at radius 1 is 0.364 bits per heavy atom. The molecule has 0 spiro atoms. The zero-order chi connectivity index (χ0) is 59.9. The fourth-order valence-corrected chi connectivity index (χ4v) is 14.3. The molecule has 12 aromatic carbocycles. The third kappa shape index (κ3) is 11.3. The number of hydrogen-bond donors (Lipinski definition) is 1. The van der Waals surface area contributed by atoms with Gasteiger partial charge in [0.05, 0.1) is 22.1 Å². The molecule has 4 nitrogen and oxygen atoms in total. The van der Waals surface area contributed by atoms with Crippen molar-refractivity contribution in [2.75, 3.05) is 0 Å². The normalized spacial score (nSPS) is 12.2. The first-order valence-corrected chi connectivity index (χ1v) is 32.7. The summed E-state index contributed by atoms with van der Waals surface area (Å²) in [4.78, 5) is 12.2. The topological polar surface area (TPSA) is 47.2 Å². The summed E-state index contributed by atoms with van der Waals surface area (Å²) in [7, 11) is 0. The van der Waals surface area contributed by atoms with Gasteiger partial charge in [0.1, 0.15) is 5.60 Å². The zero-order valence-corrected chi connectivity index (χ0v) is 56.1. The first-order chi connectivity index (χ1) is 42.4. The van der Waals surface area contributed by atoms with Crippen molar-refractivity contribution < 1.29 is 28.8 Å². The molecule has 0 radical (unpaired) electrons. The summed E-state index contributed by atoms with van der Waals surface area (Å²) in [6, 6.07) is 92.3. The molecular weight excluding hydrogens is 1400 g/mol. The molecule has 88 heavy (non-hydrogen) atoms. The number of aromatic nitrogens is 2. The number of aliphatic hydroxyl groups is 1. The van der Waals surface area contributed by atoms with Crippen LogP contribution in [0.2, 0.25) is 0 Å². The molecule has 14 aromatic rings. The number of rotatable bonds is 6. The number of ketones is 1. The Bertz CT molecular complexity index is 4850. The van der Waals surface area contributed by atoms with Crippen molar-refractivity contribution in [3.8, 4) is 55.9 Å². The first-order valence-electron chi connectivity index (χ1n) is 28.7. The predicted molar refractivity (Wildman–Crippen MR) is 380 cm³/mol. The summed E-state index contributed by atoms with van der Waals surface area (Å²) in [6.45, 7) is 5.72. The van der Waals surface area contributed by atoms with Gasteiger partial charge in [-0.3, -0.25) is 4.79 Å². The van der Waals surface area contributed by atoms with Crippen LogP contribution in [-0.2, 0) is 5.60 Å². The molecule has 2 aliphatic carbocycles. The number of nitrogens with zero attached hydrogens (tertiary/aromatic N) is 2. The Labute approximate surface area is 566 Å². The summed E-state index contributed by atoms with van der Waals surface area (Å²) < 4.78 is 9.54. The Kier molecular flexibility index (Phi) is 18.2. The molecule has 0 bridgehead atoms. The van der Waals surface area contributed by atoms with E-state index in [0.717, 1.165) is 101 Å². The third-order valence-corrected chi connectivity index (χ3v) is 19.0. The minimum absolute atomic E-state index is 0. The standard InChI is InChI=1S/C37H23Br2NO.C24H16BrN.C13H6Br2O.C4H9.Li/c38-24-15-17-28-29-18-16-25(39)22-34(29)37(41,33(28)21-24)32-12-6-4-10-27(32)23-14-19-36-31(20-23)30-11-5-7-13-35(30)40(36)26-8-2-1-3-9-26;25-22-12-6-4-10-19(22)17-14-15-24-21(16-17)20-11-5-7-13-23(20)26(24)18-8-2-1-3-9-18;14-7-1-3-9-10-4-2-8(15)6-12(10)13(16)11(9)5-7;1-3-4-2;/h1-22,41H;1-16H;1-6H;1,3-4H2,2H3;/q;;;-1;+1. The molecule has 0 unspecified atom stereocenters. The van der Waals surface area contributed by atoms with Crippen LogP contribution in [0, 0.1) is 6.92 Å². The molecule has 1 N–H and O–H groups in total. The Morgan fingerprint density at radius 2 is 0.739 bits per heavy atom. The van der Waals surface area contributed by atoms with E-state index >= 15 is 0 Å². The second-order valence-electron chi connectivity index (χ2n) is 21.5. The number of unbranched alkanes of at least 4 members (excludes halogenated alkanes) is 1. The van der Waals surface area contributed by atoms with Crippen molar-refractivity contribution in [1.82, 2.24) is 9.13 Å². The molecule has 2 heterocycles. The summed E-state index contributed by atoms with van der Waals surface area (Å²) in [6.07, 6.45) is 2.28. The van der Waals surface area contributed by atoms with E-state index in [-0.39, 0.29) is 24.6 Å². The van der Waals surface area contributed by atoms with Gasteiger partial charge >= 0.3 is 18.9 Å². The average molecular weight is 1460 g/mol. The van der Waals surface area contributed by atoms with Crippen LogP contribution in [0.5, 0.6) is 0 Å². The van der Waals surface area contributed by atoms with Crippen LogP contribution < -0.4 is 18.9 Å². The maximum atomic E-state index is 12.9. The molecule has 16 rings (SSSR count). The van der Waals surface area contributed by atoms with E-state index in [1.54, 1.807) is 0 Å². The smallest absolute Gasteiger partial charge is 0.376 e. The van der Waals surface area contributed by atoms with E-state index in [1.165, 1.54) is 61.3 Å². The van der Waals surface area contributed by atoms with Crippen LogP contribution in [-0.4, -0.2) is 20.0 Å². The summed E-state index contributed by atoms with van der Waals surface area (Å²) in [5.41, 5.74) is 18.6. The second kappa shape index (κ2) is 26.1. The Balaban J connectivity index is 0.000000136. The van der Waals surface area contributed by atoms with Crippen molar-refractivity contribution in [3.63, 3.8) is 0 Å². The Hall–Kier alpha value is -7.13. The van der Waals surface area contributed by atoms with Crippen LogP contribution in [0.4, 0.5) is 0 Å². The third-order valence-electron chi connectivity index (χ3n) is 16.3. The van der Waals surface area contributed by atoms with E-state index in [2.05, 4.69) is 303 Å². The van der Waals surface area contributed by atoms with Gasteiger partial charge in [-0.1, -0.05) is 245 Å². The largest absolute Gasteiger partial charge is 1.00 e. The van der Waals surface area contributed by atoms with Crippen molar-refractivity contribution in [1.29, 1.82) is 0 Å². The number of halogens is 5. The van der Waals surface area contributed by atoms with E-state index in [0.29, 0.717) is 0 Å². The van der Waals surface area contributed by atoms with Gasteiger partial charge in [0.15, 0.2) is 5.78 Å². The number of hydrogen-bond acceptors (Lipinski definition) is 2. The monoisotopic (exact) mass is 1450 g/mol. The van der Waals surface area contributed by atoms with Crippen LogP contribution in [0.1, 0.15) is 52.4 Å². The molecular formula is C78H54Br5LiN2O2. The van der Waals surface area contributed by atoms with Gasteiger partial charge in [-0.25, -0.2) is 0 Å². The maximum absolute atomic E-state index is 12.9. The number of fused-ring (bicyclic) bond motifs is 12. The second-order valence-corrected chi connectivity index (χ2v) is 26.0. The van der Waals surface area contributed by atoms with Crippen LogP contribution in [0.25, 0.3) is 99.5 Å². The first kappa shape index (κ1) is 61.1. The van der Waals surface area contributed by atoms with Crippen LogP contribution >= 0.6 is 79.6 Å². The summed E-state index contributed by atoms with van der Waals surface area (Å²) in [5, 5.41) is 17.8. The molecule has 0 aliphatic heterocycles. The fourth-order valence-electron chi connectivity index (χ4n) is 12.3. The summed E-state index contributed by atoms with van der Waals surface area (Å²) >= 11 is 17.8. The quantitative estimate of drug-likeness (QED) is 0.133. The predicted octanol–water partition coefficient (Wildman–Crippen LogP) is 20.5. The Morgan fingerprint density at radius 3 is 1.20 bits per heavy atom. The average Bonchev–Trinajstić information content (AvgIpc) is 1.60. The molecule has 10 heteroatoms. The maximum Gasteiger partial charge on any atom is 1.00 e. The molecule has 0 fully saturated rings. The molecule has 0 atom stereocenters. The van der Waals surface area contributed by atoms with Crippen molar-refractivity contribution in [2.24, 2.45) is 0 Å². The fraction of sp³-hybridized carbons (Fsp3) is 0.0513. The SMILES string of the molecule is Brc1ccccc1-c1ccc2c(c1)c1ccccc1n2-c1ccccc1.O=C1c2cc(Br)ccc2-c2ccc(Br)cc21.OC1(c2ccccc2-c2ccc3c(c2)c2ccccc2n3-c2ccccc2)c2cc(Br)ccc2-c2ccc(Br)cc21.[CH2-]CCC.[Li+]. The van der Waals surface area contributed by atoms with Gasteiger partial charge < -0.3 is 21.2 Å². The number of carbonyl (C=O) groups excluding carboxylic acids is 1. The van der Waals surface area contributed by atoms with Crippen molar-refractivity contribution >= 4 is 129 Å². The summed E-state index contributed by atoms with van der Waals surface area (Å²) in [5.74, 6) is 0.104. The number of benzene rings is 12. The zero-order valence-electron chi connectivity index (χ0n) is 48.2. The minimum Gasteiger partial charge on any atom is -0.376 e. The van der Waals surface area contributed by atoms with Crippen molar-refractivity contribution in [3.05, 3.63) is 324 Å². The van der Waals surface area contributed by atoms with Gasteiger partial charge in [0, 0.05) is 83.1 Å². The molecule has 424 valence electrons. The van der Waals surface area contributed by atoms with Gasteiger partial charge in [0.2, 0.25) is 0 Å². The van der Waals surface area contributed by atoms with E-state index < -0.39 is 5.60 Å². The van der Waals surface area contributed by atoms with E-state index in [4.69, 9.17) is 0 Å². The van der Waals surface area contributed by atoms with Gasteiger partial charge in [0.25, 0.3) is 0 Å². The molecule has 2 aromatic heterocycles.